The SMILES string of the molecule is CC.CCN(Cc1ccccc1)C(C)=O. The van der Waals surface area contributed by atoms with Crippen LogP contribution in [0.25, 0.3) is 0 Å². The number of carbonyl (C=O) groups excluding carboxylic acids is 1. The highest BCUT2D eigenvalue weighted by atomic mass is 16.2. The van der Waals surface area contributed by atoms with E-state index in [1.807, 2.05) is 56.0 Å². The highest BCUT2D eigenvalue weighted by Crippen LogP contribution is 2.03. The van der Waals surface area contributed by atoms with Crippen molar-refractivity contribution in [3.8, 4) is 0 Å². The zero-order valence-electron chi connectivity index (χ0n) is 10.2. The first-order valence-corrected chi connectivity index (χ1v) is 5.53. The number of benzene rings is 1. The standard InChI is InChI=1S/C11H15NO.C2H6/c1-3-12(10(2)13)9-11-7-5-4-6-8-11;1-2/h4-8H,3,9H2,1-2H3;1-2H3. The fourth-order valence-electron chi connectivity index (χ4n) is 1.25. The van der Waals surface area contributed by atoms with E-state index >= 15 is 0 Å². The predicted molar refractivity (Wildman–Crippen MR) is 64.6 cm³/mol. The number of carbonyl (C=O) groups is 1. The largest absolute Gasteiger partial charge is 0.339 e. The van der Waals surface area contributed by atoms with Gasteiger partial charge in [-0.2, -0.15) is 0 Å². The third-order valence-corrected chi connectivity index (χ3v) is 2.04. The molecular formula is C13H21NO. The molecule has 0 aromatic heterocycles. The van der Waals surface area contributed by atoms with Gasteiger partial charge in [0.05, 0.1) is 0 Å². The third kappa shape index (κ3) is 5.21. The van der Waals surface area contributed by atoms with Crippen LogP contribution < -0.4 is 0 Å². The van der Waals surface area contributed by atoms with E-state index in [1.165, 1.54) is 5.56 Å². The lowest BCUT2D eigenvalue weighted by Gasteiger charge is -2.18. The van der Waals surface area contributed by atoms with Gasteiger partial charge in [-0.15, -0.1) is 0 Å². The van der Waals surface area contributed by atoms with E-state index < -0.39 is 0 Å². The first kappa shape index (κ1) is 13.7. The van der Waals surface area contributed by atoms with E-state index in [1.54, 1.807) is 6.92 Å². The summed E-state index contributed by atoms with van der Waals surface area (Å²) in [6.45, 7) is 9.08. The van der Waals surface area contributed by atoms with Gasteiger partial charge in [-0.05, 0) is 12.5 Å². The molecule has 0 radical (unpaired) electrons. The van der Waals surface area contributed by atoms with Gasteiger partial charge in [-0.3, -0.25) is 4.79 Å². The highest BCUT2D eigenvalue weighted by molar-refractivity contribution is 5.73. The fraction of sp³-hybridized carbons (Fsp3) is 0.462. The van der Waals surface area contributed by atoms with Gasteiger partial charge in [0, 0.05) is 20.0 Å². The van der Waals surface area contributed by atoms with Crippen molar-refractivity contribution in [3.63, 3.8) is 0 Å². The van der Waals surface area contributed by atoms with Crippen LogP contribution in [0.15, 0.2) is 30.3 Å². The van der Waals surface area contributed by atoms with Gasteiger partial charge in [0.25, 0.3) is 0 Å². The smallest absolute Gasteiger partial charge is 0.219 e. The Hall–Kier alpha value is -1.31. The maximum Gasteiger partial charge on any atom is 0.219 e. The second kappa shape index (κ2) is 8.04. The Morgan fingerprint density at radius 3 is 2.13 bits per heavy atom. The summed E-state index contributed by atoms with van der Waals surface area (Å²) in [5.41, 5.74) is 1.18. The molecule has 2 heteroatoms. The lowest BCUT2D eigenvalue weighted by molar-refractivity contribution is -0.129. The fourth-order valence-corrected chi connectivity index (χ4v) is 1.25. The van der Waals surface area contributed by atoms with E-state index in [0.717, 1.165) is 6.54 Å². The molecule has 2 nitrogen and oxygen atoms in total. The number of hydrogen-bond acceptors (Lipinski definition) is 1. The van der Waals surface area contributed by atoms with Gasteiger partial charge >= 0.3 is 0 Å². The Morgan fingerprint density at radius 2 is 1.73 bits per heavy atom. The lowest BCUT2D eigenvalue weighted by Crippen LogP contribution is -2.27. The van der Waals surface area contributed by atoms with Crippen LogP contribution >= 0.6 is 0 Å². The summed E-state index contributed by atoms with van der Waals surface area (Å²) in [5.74, 6) is 0.131. The zero-order chi connectivity index (χ0) is 11.7. The average Bonchev–Trinajstić information content (AvgIpc) is 2.29. The zero-order valence-corrected chi connectivity index (χ0v) is 10.2. The number of amides is 1. The van der Waals surface area contributed by atoms with Crippen molar-refractivity contribution in [3.05, 3.63) is 35.9 Å². The first-order valence-electron chi connectivity index (χ1n) is 5.53. The number of hydrogen-bond donors (Lipinski definition) is 0. The van der Waals surface area contributed by atoms with Crippen LogP contribution in [0.5, 0.6) is 0 Å². The highest BCUT2D eigenvalue weighted by Gasteiger charge is 2.05. The number of rotatable bonds is 3. The van der Waals surface area contributed by atoms with Crippen LogP contribution in [-0.4, -0.2) is 17.4 Å². The molecule has 0 unspecified atom stereocenters. The minimum atomic E-state index is 0.131. The Morgan fingerprint density at radius 1 is 1.20 bits per heavy atom. The number of nitrogens with zero attached hydrogens (tertiary/aromatic N) is 1. The summed E-state index contributed by atoms with van der Waals surface area (Å²) in [6.07, 6.45) is 0. The second-order valence-corrected chi connectivity index (χ2v) is 3.02. The molecule has 0 heterocycles. The predicted octanol–water partition coefficient (Wildman–Crippen LogP) is 3.08. The molecule has 0 N–H and O–H groups in total. The molecular weight excluding hydrogens is 186 g/mol. The molecule has 0 fully saturated rings. The van der Waals surface area contributed by atoms with E-state index in [-0.39, 0.29) is 5.91 Å². The Labute approximate surface area is 92.9 Å². The van der Waals surface area contributed by atoms with Crippen LogP contribution in [0, 0.1) is 0 Å². The van der Waals surface area contributed by atoms with Crippen molar-refractivity contribution in [2.75, 3.05) is 6.54 Å². The molecule has 0 aliphatic heterocycles. The monoisotopic (exact) mass is 207 g/mol. The van der Waals surface area contributed by atoms with Crippen LogP contribution in [0.3, 0.4) is 0 Å². The van der Waals surface area contributed by atoms with Crippen molar-refractivity contribution < 1.29 is 4.79 Å². The summed E-state index contributed by atoms with van der Waals surface area (Å²) in [7, 11) is 0. The molecule has 0 bridgehead atoms. The van der Waals surface area contributed by atoms with Gasteiger partial charge in [0.2, 0.25) is 5.91 Å². The van der Waals surface area contributed by atoms with E-state index in [0.29, 0.717) is 6.54 Å². The van der Waals surface area contributed by atoms with Crippen molar-refractivity contribution in [1.29, 1.82) is 0 Å². The Balaban J connectivity index is 0.000000921. The normalized spacial score (nSPS) is 8.80. The summed E-state index contributed by atoms with van der Waals surface area (Å²) >= 11 is 0. The van der Waals surface area contributed by atoms with Gasteiger partial charge in [-0.25, -0.2) is 0 Å². The summed E-state index contributed by atoms with van der Waals surface area (Å²) in [5, 5.41) is 0. The van der Waals surface area contributed by atoms with Crippen LogP contribution in [-0.2, 0) is 11.3 Å². The maximum absolute atomic E-state index is 11.1. The van der Waals surface area contributed by atoms with Crippen LogP contribution in [0.1, 0.15) is 33.3 Å². The van der Waals surface area contributed by atoms with E-state index in [9.17, 15) is 4.79 Å². The third-order valence-electron chi connectivity index (χ3n) is 2.04. The summed E-state index contributed by atoms with van der Waals surface area (Å²) in [6, 6.07) is 10.0. The van der Waals surface area contributed by atoms with E-state index in [2.05, 4.69) is 0 Å². The minimum absolute atomic E-state index is 0.131. The second-order valence-electron chi connectivity index (χ2n) is 3.02. The molecule has 15 heavy (non-hydrogen) atoms. The van der Waals surface area contributed by atoms with Crippen LogP contribution in [0.2, 0.25) is 0 Å². The molecule has 0 aliphatic carbocycles. The molecule has 1 rings (SSSR count). The molecule has 1 aromatic carbocycles. The molecule has 0 spiro atoms. The lowest BCUT2D eigenvalue weighted by atomic mass is 10.2. The van der Waals surface area contributed by atoms with Crippen LogP contribution in [0.4, 0.5) is 0 Å². The quantitative estimate of drug-likeness (QED) is 0.746. The average molecular weight is 207 g/mol. The molecule has 84 valence electrons. The molecule has 0 atom stereocenters. The van der Waals surface area contributed by atoms with E-state index in [4.69, 9.17) is 0 Å². The Bertz CT molecular complexity index is 269. The molecule has 1 aromatic rings. The van der Waals surface area contributed by atoms with Crippen molar-refractivity contribution >= 4 is 5.91 Å². The van der Waals surface area contributed by atoms with Crippen molar-refractivity contribution in [2.24, 2.45) is 0 Å². The summed E-state index contributed by atoms with van der Waals surface area (Å²) in [4.78, 5) is 12.9. The Kier molecular flexibility index (Phi) is 7.33. The van der Waals surface area contributed by atoms with Gasteiger partial charge in [0.15, 0.2) is 0 Å². The molecule has 0 saturated heterocycles. The van der Waals surface area contributed by atoms with Gasteiger partial charge in [-0.1, -0.05) is 44.2 Å². The molecule has 0 aliphatic rings. The van der Waals surface area contributed by atoms with Crippen molar-refractivity contribution in [2.45, 2.75) is 34.2 Å². The topological polar surface area (TPSA) is 20.3 Å². The van der Waals surface area contributed by atoms with Gasteiger partial charge < -0.3 is 4.90 Å². The molecule has 1 amide bonds. The van der Waals surface area contributed by atoms with Gasteiger partial charge in [0.1, 0.15) is 0 Å². The summed E-state index contributed by atoms with van der Waals surface area (Å²) < 4.78 is 0. The molecule has 0 saturated carbocycles. The van der Waals surface area contributed by atoms with Crippen molar-refractivity contribution in [1.82, 2.24) is 4.90 Å². The maximum atomic E-state index is 11.1. The first-order chi connectivity index (χ1) is 7.24. The minimum Gasteiger partial charge on any atom is -0.339 e.